The molecule has 0 radical (unpaired) electrons. The van der Waals surface area contributed by atoms with Crippen LogP contribution in [0, 0.1) is 36.3 Å². The summed E-state index contributed by atoms with van der Waals surface area (Å²) in [6.07, 6.45) is -12.4. The molecule has 2 aromatic carbocycles. The van der Waals surface area contributed by atoms with Crippen molar-refractivity contribution in [1.29, 1.82) is 0 Å². The maximum atomic E-state index is 15.8. The van der Waals surface area contributed by atoms with Gasteiger partial charge in [0.05, 0.1) is 39.9 Å². The molecular formula is C46H41F10N7O9S2. The molecule has 3 aromatic heterocycles. The Morgan fingerprint density at radius 1 is 0.946 bits per heavy atom. The number of amides is 2. The predicted octanol–water partition coefficient (Wildman–Crippen LogP) is 7.99. The number of hydrogen-bond donors (Lipinski definition) is 2. The predicted molar refractivity (Wildman–Crippen MR) is 243 cm³/mol. The van der Waals surface area contributed by atoms with Gasteiger partial charge in [-0.3, -0.25) is 19.1 Å². The van der Waals surface area contributed by atoms with Crippen LogP contribution in [0.25, 0.3) is 28.1 Å². The Morgan fingerprint density at radius 3 is 2.11 bits per heavy atom. The fraction of sp³-hybridized carbons (Fsp3) is 0.391. The van der Waals surface area contributed by atoms with Crippen molar-refractivity contribution in [1.82, 2.24) is 29.9 Å². The minimum absolute atomic E-state index is 0.0479. The van der Waals surface area contributed by atoms with Gasteiger partial charge in [0.2, 0.25) is 15.9 Å². The standard InChI is InChI=1S/C46H41F10N7O9S2/c1-21-8-10-29(37-34(21)40(60-62(37)20-44(49,50)51)63(74(7,70)71)42(67)72-23(3)41(65)66)28-11-9-27(14-22(2)43(4,5)73(6,68)69)57-36(28)32(17-24-15-25(47)18-26(48)16-24)58-33(64)19-61-39-35(38(59-61)46(54,55)56)30-12-13-31(30)45(39,52)53/h8-11,14-16,18,23,30-32H,17,19-20H2,1-7H3,(H,58,64)(H,65,66)/t23-,30-,31+,32-/m0/s1. The molecule has 2 N–H and O–H groups in total. The third kappa shape index (κ3) is 10.4. The second kappa shape index (κ2) is 18.7. The molecule has 3 heterocycles. The number of hydrogen-bond acceptors (Lipinski definition) is 11. The van der Waals surface area contributed by atoms with E-state index in [2.05, 4.69) is 32.3 Å². The number of aromatic nitrogens is 5. The van der Waals surface area contributed by atoms with Crippen LogP contribution in [0.5, 0.6) is 0 Å². The van der Waals surface area contributed by atoms with Gasteiger partial charge in [0.1, 0.15) is 36.3 Å². The van der Waals surface area contributed by atoms with E-state index in [1.165, 1.54) is 58.0 Å². The van der Waals surface area contributed by atoms with Gasteiger partial charge < -0.3 is 15.2 Å². The summed E-state index contributed by atoms with van der Waals surface area (Å²) in [4.78, 5) is 44.0. The van der Waals surface area contributed by atoms with E-state index in [1.807, 2.05) is 0 Å². The number of carboxylic acids is 1. The second-order valence-electron chi connectivity index (χ2n) is 18.2. The van der Waals surface area contributed by atoms with Crippen molar-refractivity contribution < 1.29 is 85.0 Å². The lowest BCUT2D eigenvalue weighted by Gasteiger charge is -2.25. The highest BCUT2D eigenvalue weighted by Gasteiger charge is 2.62. The van der Waals surface area contributed by atoms with Gasteiger partial charge in [0.15, 0.2) is 27.5 Å². The molecule has 74 heavy (non-hydrogen) atoms. The van der Waals surface area contributed by atoms with Crippen LogP contribution in [0.15, 0.2) is 48.0 Å². The van der Waals surface area contributed by atoms with Gasteiger partial charge in [0.25, 0.3) is 0 Å². The van der Waals surface area contributed by atoms with Crippen LogP contribution in [0.3, 0.4) is 0 Å². The van der Waals surface area contributed by atoms with Crippen LogP contribution >= 0.6 is 0 Å². The van der Waals surface area contributed by atoms with Gasteiger partial charge >= 0.3 is 30.3 Å². The summed E-state index contributed by atoms with van der Waals surface area (Å²) in [6.45, 7) is 2.86. The summed E-state index contributed by atoms with van der Waals surface area (Å²) in [6, 6.07) is 5.11. The molecule has 396 valence electrons. The second-order valence-corrected chi connectivity index (χ2v) is 22.6. The lowest BCUT2D eigenvalue weighted by atomic mass is 9.84. The number of nitrogens with one attached hydrogen (secondary N) is 1. The summed E-state index contributed by atoms with van der Waals surface area (Å²) < 4.78 is 204. The highest BCUT2D eigenvalue weighted by molar-refractivity contribution is 7.93. The molecule has 4 atom stereocenters. The Morgan fingerprint density at radius 2 is 1.57 bits per heavy atom. The number of sulfonamides is 1. The molecule has 16 nitrogen and oxygen atoms in total. The van der Waals surface area contributed by atoms with Crippen molar-refractivity contribution in [2.45, 2.75) is 95.2 Å². The molecule has 7 rings (SSSR count). The van der Waals surface area contributed by atoms with Crippen LogP contribution in [0.4, 0.5) is 54.5 Å². The van der Waals surface area contributed by atoms with Gasteiger partial charge in [-0.1, -0.05) is 35.6 Å². The van der Waals surface area contributed by atoms with Gasteiger partial charge in [-0.25, -0.2) is 35.2 Å². The van der Waals surface area contributed by atoms with E-state index in [-0.39, 0.29) is 47.2 Å². The van der Waals surface area contributed by atoms with Crippen LogP contribution in [0.2, 0.25) is 0 Å². The molecule has 0 bridgehead atoms. The topological polar surface area (TPSA) is 213 Å². The summed E-state index contributed by atoms with van der Waals surface area (Å²) in [5, 5.41) is 18.6. The Balaban J connectivity index is 1.50. The van der Waals surface area contributed by atoms with Gasteiger partial charge in [-0.15, -0.1) is 0 Å². The summed E-state index contributed by atoms with van der Waals surface area (Å²) >= 11 is 0. The molecular weight excluding hydrogens is 1050 g/mol. The lowest BCUT2D eigenvalue weighted by molar-refractivity contribution is -0.145. The molecule has 2 aliphatic carbocycles. The molecule has 0 unspecified atom stereocenters. The minimum atomic E-state index is -5.30. The van der Waals surface area contributed by atoms with E-state index < -0.39 is 155 Å². The van der Waals surface area contributed by atoms with E-state index in [9.17, 15) is 71.4 Å². The molecule has 0 spiro atoms. The van der Waals surface area contributed by atoms with Crippen LogP contribution in [-0.4, -0.2) is 94.0 Å². The summed E-state index contributed by atoms with van der Waals surface area (Å²) in [5.74, 6) is -9.52. The Labute approximate surface area is 414 Å². The molecule has 0 fully saturated rings. The number of pyridine rings is 1. The zero-order chi connectivity index (χ0) is 55.2. The number of sulfone groups is 1. The maximum absolute atomic E-state index is 15.8. The number of carbonyl (C=O) groups excluding carboxylic acids is 2. The lowest BCUT2D eigenvalue weighted by Crippen LogP contribution is -2.40. The Kier molecular flexibility index (Phi) is 13.9. The van der Waals surface area contributed by atoms with Gasteiger partial charge in [0, 0.05) is 34.4 Å². The number of anilines is 1. The third-order valence-electron chi connectivity index (χ3n) is 12.5. The highest BCUT2D eigenvalue weighted by Crippen LogP contribution is 2.58. The molecule has 2 amide bonds. The first-order valence-corrected chi connectivity index (χ1v) is 25.4. The number of benzene rings is 2. The molecule has 0 saturated heterocycles. The van der Waals surface area contributed by atoms with E-state index >= 15 is 8.78 Å². The zero-order valence-corrected chi connectivity index (χ0v) is 41.2. The fourth-order valence-corrected chi connectivity index (χ4v) is 9.82. The van der Waals surface area contributed by atoms with E-state index in [0.29, 0.717) is 12.3 Å². The quantitative estimate of drug-likeness (QED) is 0.0755. The zero-order valence-electron chi connectivity index (χ0n) is 39.5. The third-order valence-corrected chi connectivity index (χ3v) is 15.7. The molecule has 0 saturated carbocycles. The van der Waals surface area contributed by atoms with Gasteiger partial charge in [-0.05, 0) is 76.4 Å². The molecule has 2 aliphatic rings. The molecule has 5 aromatic rings. The Hall–Kier alpha value is -7.02. The average Bonchev–Trinajstić information content (AvgIpc) is 3.81. The van der Waals surface area contributed by atoms with E-state index in [0.717, 1.165) is 25.3 Å². The molecule has 0 aliphatic heterocycles. The van der Waals surface area contributed by atoms with Crippen molar-refractivity contribution in [3.8, 4) is 23.0 Å². The highest BCUT2D eigenvalue weighted by atomic mass is 32.2. The van der Waals surface area contributed by atoms with Crippen molar-refractivity contribution in [3.05, 3.63) is 99.1 Å². The smallest absolute Gasteiger partial charge is 0.435 e. The largest absolute Gasteiger partial charge is 0.479 e. The number of carboxylic acid groups (broad SMARTS) is 1. The first-order valence-electron chi connectivity index (χ1n) is 21.6. The SMILES string of the molecule is CC(=Cc1ccc(-c2ccc(C)c3c(N(C(=O)O[C@@H](C)C(=O)O)S(C)(=O)=O)nn(CC(F)(F)F)c23)c([C@H](Cc2cc(F)cc(F)c2)NC(=O)Cn2nc(C(F)(F)F)c3c2C(F)(F)[C@@H]2C#C[C@H]32)n1)C(C)(C)S(C)(=O)=O. The number of aryl methyl sites for hydroxylation is 1. The fourth-order valence-electron chi connectivity index (χ4n) is 8.42. The van der Waals surface area contributed by atoms with Crippen molar-refractivity contribution in [2.24, 2.45) is 5.92 Å². The average molecular weight is 1090 g/mol. The van der Waals surface area contributed by atoms with Crippen LogP contribution in [0.1, 0.15) is 79.1 Å². The number of fused-ring (bicyclic) bond motifs is 4. The van der Waals surface area contributed by atoms with E-state index in [4.69, 9.17) is 4.74 Å². The molecule has 28 heteroatoms. The van der Waals surface area contributed by atoms with E-state index in [1.54, 1.807) is 0 Å². The number of nitrogens with zero attached hydrogens (tertiary/aromatic N) is 6. The Bertz CT molecular complexity index is 3480. The summed E-state index contributed by atoms with van der Waals surface area (Å²) in [7, 11) is -8.83. The van der Waals surface area contributed by atoms with Crippen molar-refractivity contribution >= 4 is 60.6 Å². The van der Waals surface area contributed by atoms with Crippen molar-refractivity contribution in [3.63, 3.8) is 0 Å². The number of rotatable bonds is 15. The number of aliphatic carboxylic acids is 1. The first kappa shape index (κ1) is 54.7. The number of ether oxygens (including phenoxy) is 1. The minimum Gasteiger partial charge on any atom is -0.479 e. The first-order chi connectivity index (χ1) is 33.9. The number of halogens is 10. The monoisotopic (exact) mass is 1090 g/mol. The van der Waals surface area contributed by atoms with Crippen LogP contribution in [-0.2, 0) is 65.8 Å². The van der Waals surface area contributed by atoms with Crippen molar-refractivity contribution in [2.75, 3.05) is 16.8 Å². The normalized spacial score (nSPS) is 17.4. The van der Waals surface area contributed by atoms with Gasteiger partial charge in [-0.2, -0.15) is 49.6 Å². The summed E-state index contributed by atoms with van der Waals surface area (Å²) in [5.41, 5.74) is -5.94. The maximum Gasteiger partial charge on any atom is 0.435 e. The van der Waals surface area contributed by atoms with Crippen LogP contribution < -0.4 is 9.62 Å². The number of carbonyl (C=O) groups is 3. The number of alkyl halides is 8.